The Hall–Kier alpha value is -1.47. The molecule has 1 fully saturated rings. The highest BCUT2D eigenvalue weighted by atomic mass is 32.2. The molecule has 0 unspecified atom stereocenters. The maximum absolute atomic E-state index is 13.4. The maximum atomic E-state index is 13.4. The molecule has 1 aliphatic rings. The Labute approximate surface area is 129 Å². The van der Waals surface area contributed by atoms with Crippen molar-refractivity contribution in [3.63, 3.8) is 0 Å². The van der Waals surface area contributed by atoms with Crippen molar-refractivity contribution in [1.29, 1.82) is 0 Å². The first-order chi connectivity index (χ1) is 10.2. The number of aryl methyl sites for hydroxylation is 1. The van der Waals surface area contributed by atoms with Crippen molar-refractivity contribution in [3.8, 4) is 0 Å². The van der Waals surface area contributed by atoms with Crippen molar-refractivity contribution in [3.05, 3.63) is 29.6 Å². The van der Waals surface area contributed by atoms with Crippen LogP contribution in [0.1, 0.15) is 25.3 Å². The molecule has 7 heteroatoms. The fourth-order valence-electron chi connectivity index (χ4n) is 2.63. The van der Waals surface area contributed by atoms with Crippen molar-refractivity contribution < 1.29 is 22.3 Å². The van der Waals surface area contributed by atoms with Gasteiger partial charge in [0.2, 0.25) is 14.7 Å². The number of nitrogens with two attached hydrogens (primary N) is 1. The minimum absolute atomic E-state index is 0.0698. The van der Waals surface area contributed by atoms with E-state index in [2.05, 4.69) is 4.74 Å². The lowest BCUT2D eigenvalue weighted by atomic mass is 9.97. The molecule has 0 aliphatic heterocycles. The highest BCUT2D eigenvalue weighted by Crippen LogP contribution is 2.44. The number of esters is 1. The topological polar surface area (TPSA) is 86.5 Å². The lowest BCUT2D eigenvalue weighted by Crippen LogP contribution is -2.60. The molecule has 0 heterocycles. The number of benzene rings is 1. The van der Waals surface area contributed by atoms with Gasteiger partial charge in [-0.1, -0.05) is 6.92 Å². The Morgan fingerprint density at radius 2 is 2.05 bits per heavy atom. The molecule has 2 rings (SSSR count). The summed E-state index contributed by atoms with van der Waals surface area (Å²) in [5.41, 5.74) is 6.25. The Morgan fingerprint density at radius 1 is 1.45 bits per heavy atom. The molecule has 1 aromatic rings. The van der Waals surface area contributed by atoms with Gasteiger partial charge in [-0.25, -0.2) is 17.6 Å². The van der Waals surface area contributed by atoms with Gasteiger partial charge in [0.05, 0.1) is 12.0 Å². The summed E-state index contributed by atoms with van der Waals surface area (Å²) in [6, 6.07) is 3.37. The van der Waals surface area contributed by atoms with E-state index in [0.717, 1.165) is 32.1 Å². The number of hydrogen-bond donors (Lipinski definition) is 1. The van der Waals surface area contributed by atoms with E-state index < -0.39 is 32.4 Å². The standard InChI is InChI=1S/C15H20FNO4S/c1-9-8-12(6-7-13(9)16)22(19,20)15(17,14(18)21-3)10(2)11-4-5-11/h6-8,10-11H,4-5,17H2,1-3H3/t10-,15+/m0/s1. The zero-order valence-corrected chi connectivity index (χ0v) is 13.6. The second kappa shape index (κ2) is 5.62. The van der Waals surface area contributed by atoms with E-state index in [1.54, 1.807) is 6.92 Å². The molecule has 1 saturated carbocycles. The average Bonchev–Trinajstić information content (AvgIpc) is 3.31. The summed E-state index contributed by atoms with van der Waals surface area (Å²) in [7, 11) is -3.11. The molecule has 0 saturated heterocycles. The molecule has 1 aliphatic carbocycles. The molecular weight excluding hydrogens is 309 g/mol. The summed E-state index contributed by atoms with van der Waals surface area (Å²) in [5.74, 6) is -2.03. The minimum atomic E-state index is -4.22. The van der Waals surface area contributed by atoms with E-state index in [1.807, 2.05) is 0 Å². The van der Waals surface area contributed by atoms with Crippen molar-refractivity contribution in [1.82, 2.24) is 0 Å². The number of hydrogen-bond acceptors (Lipinski definition) is 5. The van der Waals surface area contributed by atoms with Crippen LogP contribution in [0.15, 0.2) is 23.1 Å². The van der Waals surface area contributed by atoms with Gasteiger partial charge in [-0.2, -0.15) is 0 Å². The summed E-state index contributed by atoms with van der Waals surface area (Å²) in [6.45, 7) is 3.09. The van der Waals surface area contributed by atoms with Crippen LogP contribution in [0.2, 0.25) is 0 Å². The van der Waals surface area contributed by atoms with Gasteiger partial charge in [0, 0.05) is 5.92 Å². The smallest absolute Gasteiger partial charge is 0.342 e. The number of rotatable bonds is 5. The first-order valence-corrected chi connectivity index (χ1v) is 8.52. The summed E-state index contributed by atoms with van der Waals surface area (Å²) in [4.78, 5) is 9.83. The molecule has 2 atom stereocenters. The van der Waals surface area contributed by atoms with Gasteiger partial charge in [-0.3, -0.25) is 0 Å². The lowest BCUT2D eigenvalue weighted by molar-refractivity contribution is -0.145. The maximum Gasteiger partial charge on any atom is 0.342 e. The van der Waals surface area contributed by atoms with E-state index in [9.17, 15) is 17.6 Å². The van der Waals surface area contributed by atoms with Gasteiger partial charge in [0.1, 0.15) is 5.82 Å². The van der Waals surface area contributed by atoms with Gasteiger partial charge in [0.15, 0.2) is 0 Å². The summed E-state index contributed by atoms with van der Waals surface area (Å²) in [5, 5.41) is 0. The SMILES string of the molecule is COC(=O)[C@@](N)([C@@H](C)C1CC1)S(=O)(=O)c1ccc(F)c(C)c1. The minimum Gasteiger partial charge on any atom is -0.467 e. The van der Waals surface area contributed by atoms with E-state index >= 15 is 0 Å². The molecular formula is C15H20FNO4S. The molecule has 1 aromatic carbocycles. The number of halogens is 1. The van der Waals surface area contributed by atoms with Crippen molar-refractivity contribution in [2.75, 3.05) is 7.11 Å². The second-order valence-corrected chi connectivity index (χ2v) is 7.98. The third-order valence-corrected chi connectivity index (χ3v) is 6.70. The Morgan fingerprint density at radius 3 is 2.50 bits per heavy atom. The van der Waals surface area contributed by atoms with Crippen molar-refractivity contribution >= 4 is 15.8 Å². The molecule has 0 amide bonds. The predicted octanol–water partition coefficient (Wildman–Crippen LogP) is 1.78. The molecule has 0 spiro atoms. The Balaban J connectivity index is 2.58. The summed E-state index contributed by atoms with van der Waals surface area (Å²) in [6.07, 6.45) is 1.66. The number of methoxy groups -OCH3 is 1. The van der Waals surface area contributed by atoms with E-state index in [4.69, 9.17) is 5.73 Å². The number of sulfone groups is 1. The quantitative estimate of drug-likeness (QED) is 0.657. The first kappa shape index (κ1) is 16.9. The van der Waals surface area contributed by atoms with Crippen LogP contribution in [0.5, 0.6) is 0 Å². The lowest BCUT2D eigenvalue weighted by Gasteiger charge is -2.32. The normalized spacial score (nSPS) is 19.3. The molecule has 0 bridgehead atoms. The zero-order valence-electron chi connectivity index (χ0n) is 12.8. The van der Waals surface area contributed by atoms with Gasteiger partial charge in [-0.15, -0.1) is 0 Å². The van der Waals surface area contributed by atoms with Crippen molar-refractivity contribution in [2.24, 2.45) is 17.6 Å². The highest BCUT2D eigenvalue weighted by Gasteiger charge is 2.57. The number of carbonyl (C=O) groups is 1. The number of carbonyl (C=O) groups excluding carboxylic acids is 1. The van der Waals surface area contributed by atoms with Gasteiger partial charge < -0.3 is 10.5 Å². The summed E-state index contributed by atoms with van der Waals surface area (Å²) < 4.78 is 43.9. The fourth-order valence-corrected chi connectivity index (χ4v) is 4.58. The van der Waals surface area contributed by atoms with Crippen LogP contribution in [-0.2, 0) is 19.4 Å². The van der Waals surface area contributed by atoms with E-state index in [1.165, 1.54) is 13.0 Å². The first-order valence-electron chi connectivity index (χ1n) is 7.04. The number of ether oxygens (including phenoxy) is 1. The van der Waals surface area contributed by atoms with Gasteiger partial charge in [0.25, 0.3) is 0 Å². The monoisotopic (exact) mass is 329 g/mol. The van der Waals surface area contributed by atoms with Crippen LogP contribution >= 0.6 is 0 Å². The van der Waals surface area contributed by atoms with Gasteiger partial charge >= 0.3 is 5.97 Å². The van der Waals surface area contributed by atoms with Crippen LogP contribution in [-0.4, -0.2) is 26.4 Å². The van der Waals surface area contributed by atoms with Crippen LogP contribution < -0.4 is 5.73 Å². The zero-order chi connectivity index (χ0) is 16.7. The third-order valence-electron chi connectivity index (χ3n) is 4.39. The average molecular weight is 329 g/mol. The Kier molecular flexibility index (Phi) is 4.32. The Bertz CT molecular complexity index is 699. The largest absolute Gasteiger partial charge is 0.467 e. The van der Waals surface area contributed by atoms with E-state index in [-0.39, 0.29) is 16.4 Å². The fraction of sp³-hybridized carbons (Fsp3) is 0.533. The molecule has 0 radical (unpaired) electrons. The van der Waals surface area contributed by atoms with Crippen LogP contribution in [0.3, 0.4) is 0 Å². The molecule has 5 nitrogen and oxygen atoms in total. The predicted molar refractivity (Wildman–Crippen MR) is 79.1 cm³/mol. The second-order valence-electron chi connectivity index (χ2n) is 5.83. The molecule has 0 aromatic heterocycles. The van der Waals surface area contributed by atoms with Crippen LogP contribution in [0.4, 0.5) is 4.39 Å². The van der Waals surface area contributed by atoms with Crippen LogP contribution in [0.25, 0.3) is 0 Å². The van der Waals surface area contributed by atoms with Crippen LogP contribution in [0, 0.1) is 24.6 Å². The molecule has 2 N–H and O–H groups in total. The van der Waals surface area contributed by atoms with Gasteiger partial charge in [-0.05, 0) is 49.4 Å². The summed E-state index contributed by atoms with van der Waals surface area (Å²) >= 11 is 0. The molecule has 22 heavy (non-hydrogen) atoms. The third kappa shape index (κ3) is 2.52. The van der Waals surface area contributed by atoms with E-state index in [0.29, 0.717) is 0 Å². The highest BCUT2D eigenvalue weighted by molar-refractivity contribution is 7.93. The molecule has 122 valence electrons. The van der Waals surface area contributed by atoms with Crippen molar-refractivity contribution in [2.45, 2.75) is 36.5 Å².